The van der Waals surface area contributed by atoms with Gasteiger partial charge in [0.15, 0.2) is 0 Å². The van der Waals surface area contributed by atoms with E-state index < -0.39 is 0 Å². The minimum Gasteiger partial charge on any atom is -0.368 e. The molecule has 1 aliphatic heterocycles. The number of anilines is 3. The van der Waals surface area contributed by atoms with Gasteiger partial charge in [-0.15, -0.1) is 0 Å². The summed E-state index contributed by atoms with van der Waals surface area (Å²) in [5.74, 6) is 0.924. The van der Waals surface area contributed by atoms with Crippen LogP contribution in [0, 0.1) is 0 Å². The fraction of sp³-hybridized carbons (Fsp3) is 0.206. The van der Waals surface area contributed by atoms with Crippen LogP contribution in [0.15, 0.2) is 97.5 Å². The van der Waals surface area contributed by atoms with Gasteiger partial charge in [0, 0.05) is 69.7 Å². The summed E-state index contributed by atoms with van der Waals surface area (Å²) in [5.41, 5.74) is 7.70. The van der Waals surface area contributed by atoms with E-state index in [9.17, 15) is 9.59 Å². The maximum Gasteiger partial charge on any atom is 0.221 e. The quantitative estimate of drug-likeness (QED) is 0.276. The molecule has 3 aromatic carbocycles. The predicted molar refractivity (Wildman–Crippen MR) is 167 cm³/mol. The van der Waals surface area contributed by atoms with E-state index in [0.717, 1.165) is 71.0 Å². The van der Waals surface area contributed by atoms with Crippen LogP contribution in [-0.2, 0) is 22.4 Å². The van der Waals surface area contributed by atoms with Crippen molar-refractivity contribution in [3.8, 4) is 11.1 Å². The van der Waals surface area contributed by atoms with Crippen molar-refractivity contribution < 1.29 is 9.59 Å². The number of fused-ring (bicyclic) bond motifs is 1. The molecule has 1 aliphatic rings. The summed E-state index contributed by atoms with van der Waals surface area (Å²) in [7, 11) is 0. The van der Waals surface area contributed by atoms with Gasteiger partial charge in [-0.1, -0.05) is 42.5 Å². The van der Waals surface area contributed by atoms with Gasteiger partial charge in [0.2, 0.25) is 5.91 Å². The minimum absolute atomic E-state index is 0.115. The molecular formula is C34H32N6O2. The first-order valence-corrected chi connectivity index (χ1v) is 14.1. The van der Waals surface area contributed by atoms with Crippen molar-refractivity contribution in [2.24, 2.45) is 0 Å². The number of hydrogen-bond acceptors (Lipinski definition) is 7. The highest BCUT2D eigenvalue weighted by Crippen LogP contribution is 2.26. The van der Waals surface area contributed by atoms with E-state index in [1.54, 1.807) is 0 Å². The third-order valence-electron chi connectivity index (χ3n) is 7.53. The molecule has 0 spiro atoms. The zero-order chi connectivity index (χ0) is 28.9. The van der Waals surface area contributed by atoms with E-state index in [2.05, 4.69) is 61.5 Å². The van der Waals surface area contributed by atoms with Gasteiger partial charge in [-0.3, -0.25) is 19.6 Å². The van der Waals surface area contributed by atoms with Gasteiger partial charge in [-0.25, -0.2) is 4.98 Å². The molecular weight excluding hydrogens is 524 g/mol. The van der Waals surface area contributed by atoms with Crippen molar-refractivity contribution in [3.63, 3.8) is 0 Å². The Kier molecular flexibility index (Phi) is 7.85. The van der Waals surface area contributed by atoms with Gasteiger partial charge in [-0.2, -0.15) is 0 Å². The van der Waals surface area contributed by atoms with E-state index in [1.165, 1.54) is 12.6 Å². The number of pyridine rings is 1. The number of Topliss-reactive ketones (excluding diaryl/α,β-unsaturated/α-hetero) is 1. The SMILES string of the molecule is CC(=O)Nc1ccc(CC(=O)Cc2ccc(-c3ccc4ncc(N5CCN(c6ccncc6)CC5)nc4c3)cc2)cc1. The van der Waals surface area contributed by atoms with Crippen molar-refractivity contribution in [3.05, 3.63) is 109 Å². The van der Waals surface area contributed by atoms with Crippen LogP contribution >= 0.6 is 0 Å². The Hall–Kier alpha value is -5.11. The third kappa shape index (κ3) is 6.44. The summed E-state index contributed by atoms with van der Waals surface area (Å²) >= 11 is 0. The number of amides is 1. The van der Waals surface area contributed by atoms with Crippen LogP contribution < -0.4 is 15.1 Å². The lowest BCUT2D eigenvalue weighted by Crippen LogP contribution is -2.46. The Morgan fingerprint density at radius 2 is 1.36 bits per heavy atom. The van der Waals surface area contributed by atoms with Crippen molar-refractivity contribution in [2.75, 3.05) is 41.3 Å². The summed E-state index contributed by atoms with van der Waals surface area (Å²) in [6.07, 6.45) is 6.26. The predicted octanol–water partition coefficient (Wildman–Crippen LogP) is 5.33. The zero-order valence-electron chi connectivity index (χ0n) is 23.5. The maximum atomic E-state index is 12.7. The Morgan fingerprint density at radius 1 is 0.738 bits per heavy atom. The molecule has 8 heteroatoms. The summed E-state index contributed by atoms with van der Waals surface area (Å²) < 4.78 is 0. The minimum atomic E-state index is -0.115. The molecule has 0 unspecified atom stereocenters. The van der Waals surface area contributed by atoms with E-state index in [1.807, 2.05) is 61.1 Å². The van der Waals surface area contributed by atoms with E-state index in [-0.39, 0.29) is 11.7 Å². The van der Waals surface area contributed by atoms with Gasteiger partial charge >= 0.3 is 0 Å². The van der Waals surface area contributed by atoms with Crippen LogP contribution in [0.25, 0.3) is 22.2 Å². The van der Waals surface area contributed by atoms with Crippen molar-refractivity contribution in [2.45, 2.75) is 19.8 Å². The first-order valence-electron chi connectivity index (χ1n) is 14.1. The van der Waals surface area contributed by atoms with Gasteiger partial charge in [0.1, 0.15) is 11.6 Å². The number of ketones is 1. The average molecular weight is 557 g/mol. The Bertz CT molecular complexity index is 1700. The lowest BCUT2D eigenvalue weighted by atomic mass is 9.99. The smallest absolute Gasteiger partial charge is 0.221 e. The summed E-state index contributed by atoms with van der Waals surface area (Å²) in [6, 6.07) is 25.8. The largest absolute Gasteiger partial charge is 0.368 e. The van der Waals surface area contributed by atoms with Crippen LogP contribution in [0.2, 0.25) is 0 Å². The first-order chi connectivity index (χ1) is 20.5. The van der Waals surface area contributed by atoms with Crippen molar-refractivity contribution >= 4 is 39.9 Å². The highest BCUT2D eigenvalue weighted by atomic mass is 16.1. The molecule has 210 valence electrons. The second-order valence-electron chi connectivity index (χ2n) is 10.6. The zero-order valence-corrected chi connectivity index (χ0v) is 23.5. The Morgan fingerprint density at radius 3 is 2.02 bits per heavy atom. The van der Waals surface area contributed by atoms with E-state index in [0.29, 0.717) is 12.8 Å². The van der Waals surface area contributed by atoms with Crippen LogP contribution in [0.1, 0.15) is 18.1 Å². The fourth-order valence-corrected chi connectivity index (χ4v) is 5.32. The molecule has 1 saturated heterocycles. The molecule has 1 fully saturated rings. The van der Waals surface area contributed by atoms with E-state index in [4.69, 9.17) is 4.98 Å². The number of nitrogens with zero attached hydrogens (tertiary/aromatic N) is 5. The number of aromatic nitrogens is 3. The normalized spacial score (nSPS) is 13.3. The molecule has 0 radical (unpaired) electrons. The second-order valence-corrected chi connectivity index (χ2v) is 10.6. The first kappa shape index (κ1) is 27.1. The third-order valence-corrected chi connectivity index (χ3v) is 7.53. The summed E-state index contributed by atoms with van der Waals surface area (Å²) in [5, 5.41) is 2.74. The molecule has 6 rings (SSSR count). The van der Waals surface area contributed by atoms with Crippen molar-refractivity contribution in [1.82, 2.24) is 15.0 Å². The maximum absolute atomic E-state index is 12.7. The molecule has 42 heavy (non-hydrogen) atoms. The fourth-order valence-electron chi connectivity index (χ4n) is 5.32. The highest BCUT2D eigenvalue weighted by Gasteiger charge is 2.19. The number of rotatable bonds is 8. The summed E-state index contributed by atoms with van der Waals surface area (Å²) in [6.45, 7) is 5.07. The van der Waals surface area contributed by atoms with Gasteiger partial charge in [0.25, 0.3) is 0 Å². The van der Waals surface area contributed by atoms with Crippen LogP contribution in [0.3, 0.4) is 0 Å². The molecule has 1 amide bonds. The molecule has 0 bridgehead atoms. The number of carbonyl (C=O) groups excluding carboxylic acids is 2. The Balaban J connectivity index is 1.09. The van der Waals surface area contributed by atoms with Gasteiger partial charge in [0.05, 0.1) is 17.2 Å². The Labute approximate surface area is 245 Å². The second kappa shape index (κ2) is 12.2. The molecule has 8 nitrogen and oxygen atoms in total. The standard InChI is InChI=1S/C34H32N6O2/c1-24(41)37-29-9-4-26(5-10-29)21-31(42)20-25-2-6-27(7-3-25)28-8-11-32-33(22-28)38-34(23-36-32)40-18-16-39(17-19-40)30-12-14-35-15-13-30/h2-15,22-23H,16-21H2,1H3,(H,37,41). The number of hydrogen-bond donors (Lipinski definition) is 1. The average Bonchev–Trinajstić information content (AvgIpc) is 3.02. The topological polar surface area (TPSA) is 91.3 Å². The molecule has 0 atom stereocenters. The van der Waals surface area contributed by atoms with Crippen molar-refractivity contribution in [1.29, 1.82) is 0 Å². The molecule has 3 heterocycles. The summed E-state index contributed by atoms with van der Waals surface area (Å²) in [4.78, 5) is 42.3. The highest BCUT2D eigenvalue weighted by molar-refractivity contribution is 5.89. The van der Waals surface area contributed by atoms with Crippen LogP contribution in [0.5, 0.6) is 0 Å². The lowest BCUT2D eigenvalue weighted by molar-refractivity contribution is -0.118. The molecule has 2 aromatic heterocycles. The van der Waals surface area contributed by atoms with Gasteiger partial charge in [-0.05, 0) is 58.7 Å². The number of benzene rings is 3. The van der Waals surface area contributed by atoms with Gasteiger partial charge < -0.3 is 15.1 Å². The molecule has 0 aliphatic carbocycles. The van der Waals surface area contributed by atoms with Crippen LogP contribution in [-0.4, -0.2) is 52.8 Å². The lowest BCUT2D eigenvalue weighted by Gasteiger charge is -2.36. The number of carbonyl (C=O) groups is 2. The molecule has 5 aromatic rings. The monoisotopic (exact) mass is 556 g/mol. The van der Waals surface area contributed by atoms with Crippen LogP contribution in [0.4, 0.5) is 17.2 Å². The number of nitrogens with one attached hydrogen (secondary N) is 1. The molecule has 0 saturated carbocycles. The van der Waals surface area contributed by atoms with E-state index >= 15 is 0 Å². The number of piperazine rings is 1. The molecule has 1 N–H and O–H groups in total.